The van der Waals surface area contributed by atoms with Crippen LogP contribution in [0.4, 0.5) is 5.69 Å². The molecule has 0 bridgehead atoms. The number of rotatable bonds is 7. The summed E-state index contributed by atoms with van der Waals surface area (Å²) in [5, 5.41) is 6.36. The normalized spacial score (nSPS) is 11.1. The minimum atomic E-state index is -0.439. The number of carbonyl (C=O) groups is 2. The Morgan fingerprint density at radius 1 is 1.38 bits per heavy atom. The summed E-state index contributed by atoms with van der Waals surface area (Å²) in [5.74, 6) is -0.470. The fourth-order valence-electron chi connectivity index (χ4n) is 1.83. The lowest BCUT2D eigenvalue weighted by Gasteiger charge is -2.12. The molecule has 1 N–H and O–H groups in total. The molecule has 0 fully saturated rings. The monoisotopic (exact) mass is 290 g/mol. The van der Waals surface area contributed by atoms with Gasteiger partial charge in [0.15, 0.2) is 0 Å². The van der Waals surface area contributed by atoms with E-state index in [2.05, 4.69) is 15.3 Å². The minimum absolute atomic E-state index is 0.156. The summed E-state index contributed by atoms with van der Waals surface area (Å²) in [5.41, 5.74) is 10.1. The molecule has 0 aliphatic carbocycles. The van der Waals surface area contributed by atoms with Crippen LogP contribution in [0.5, 0.6) is 0 Å². The highest BCUT2D eigenvalue weighted by molar-refractivity contribution is 5.88. The molecule has 0 saturated carbocycles. The molecule has 1 aromatic carbocycles. The van der Waals surface area contributed by atoms with Crippen molar-refractivity contribution in [3.05, 3.63) is 40.3 Å². The summed E-state index contributed by atoms with van der Waals surface area (Å²) in [6, 6.07) is 6.53. The van der Waals surface area contributed by atoms with E-state index in [-0.39, 0.29) is 18.3 Å². The number of nitrogens with zero attached hydrogens (tertiary/aromatic N) is 3. The molecule has 7 heteroatoms. The third kappa shape index (κ3) is 5.97. The molecule has 7 nitrogen and oxygen atoms in total. The Morgan fingerprint density at radius 2 is 2.05 bits per heavy atom. The van der Waals surface area contributed by atoms with Crippen molar-refractivity contribution in [3.63, 3.8) is 0 Å². The maximum Gasteiger partial charge on any atom is 0.305 e. The highest BCUT2D eigenvalue weighted by Gasteiger charge is 2.13. The van der Waals surface area contributed by atoms with Crippen molar-refractivity contribution in [2.75, 3.05) is 11.9 Å². The number of hydrogen-bond donors (Lipinski definition) is 1. The topological polar surface area (TPSA) is 104 Å². The lowest BCUT2D eigenvalue weighted by atomic mass is 10.0. The first-order valence-corrected chi connectivity index (χ1v) is 6.64. The van der Waals surface area contributed by atoms with Crippen LogP contribution in [-0.4, -0.2) is 18.5 Å². The maximum atomic E-state index is 11.4. The zero-order valence-electron chi connectivity index (χ0n) is 12.1. The largest absolute Gasteiger partial charge is 0.466 e. The number of anilines is 1. The molecular formula is C14H18N4O3. The van der Waals surface area contributed by atoms with E-state index >= 15 is 0 Å². The third-order valence-electron chi connectivity index (χ3n) is 2.73. The van der Waals surface area contributed by atoms with Gasteiger partial charge in [0.25, 0.3) is 0 Å². The molecular weight excluding hydrogens is 272 g/mol. The highest BCUT2D eigenvalue weighted by Crippen LogP contribution is 2.24. The molecule has 0 aromatic heterocycles. The molecule has 1 aromatic rings. The van der Waals surface area contributed by atoms with Gasteiger partial charge >= 0.3 is 5.97 Å². The lowest BCUT2D eigenvalue weighted by Crippen LogP contribution is -2.07. The number of azide groups is 1. The molecule has 21 heavy (non-hydrogen) atoms. The van der Waals surface area contributed by atoms with Crippen LogP contribution in [-0.2, 0) is 14.3 Å². The second kappa shape index (κ2) is 8.60. The first-order valence-electron chi connectivity index (χ1n) is 6.64. The Bertz CT molecular complexity index is 536. The molecule has 0 aliphatic rings. The van der Waals surface area contributed by atoms with Gasteiger partial charge in [0.05, 0.1) is 12.6 Å². The van der Waals surface area contributed by atoms with Gasteiger partial charge in [-0.1, -0.05) is 17.2 Å². The summed E-state index contributed by atoms with van der Waals surface area (Å²) in [4.78, 5) is 25.1. The predicted octanol–water partition coefficient (Wildman–Crippen LogP) is 3.34. The number of carbonyl (C=O) groups excluding carboxylic acids is 2. The van der Waals surface area contributed by atoms with Crippen LogP contribution < -0.4 is 5.32 Å². The van der Waals surface area contributed by atoms with Crippen LogP contribution in [0, 0.1) is 0 Å². The fraction of sp³-hybridized carbons (Fsp3) is 0.429. The SMILES string of the molecule is CCOC(=O)CCC(N=[N+]=[N-])c1ccc(NC(C)=O)cc1. The second-order valence-corrected chi connectivity index (χ2v) is 4.37. The molecule has 1 unspecified atom stereocenters. The summed E-state index contributed by atoms with van der Waals surface area (Å²) >= 11 is 0. The maximum absolute atomic E-state index is 11.4. The van der Waals surface area contributed by atoms with E-state index in [0.29, 0.717) is 18.7 Å². The quantitative estimate of drug-likeness (QED) is 0.360. The smallest absolute Gasteiger partial charge is 0.305 e. The Balaban J connectivity index is 2.73. The zero-order chi connectivity index (χ0) is 15.7. The van der Waals surface area contributed by atoms with Crippen LogP contribution in [0.25, 0.3) is 10.4 Å². The van der Waals surface area contributed by atoms with Crippen molar-refractivity contribution in [1.29, 1.82) is 0 Å². The van der Waals surface area contributed by atoms with Crippen molar-refractivity contribution in [2.24, 2.45) is 5.11 Å². The van der Waals surface area contributed by atoms with E-state index in [1.165, 1.54) is 6.92 Å². The van der Waals surface area contributed by atoms with Gasteiger partial charge < -0.3 is 10.1 Å². The van der Waals surface area contributed by atoms with Crippen LogP contribution in [0.1, 0.15) is 38.3 Å². The molecule has 1 rings (SSSR count). The van der Waals surface area contributed by atoms with Gasteiger partial charge in [-0.05, 0) is 36.6 Å². The molecule has 112 valence electrons. The van der Waals surface area contributed by atoms with Crippen molar-refractivity contribution < 1.29 is 14.3 Å². The number of amides is 1. The van der Waals surface area contributed by atoms with Crippen molar-refractivity contribution in [2.45, 2.75) is 32.7 Å². The second-order valence-electron chi connectivity index (χ2n) is 4.37. The zero-order valence-corrected chi connectivity index (χ0v) is 12.1. The van der Waals surface area contributed by atoms with Crippen molar-refractivity contribution >= 4 is 17.6 Å². The van der Waals surface area contributed by atoms with Crippen molar-refractivity contribution in [1.82, 2.24) is 0 Å². The Labute approximate surface area is 122 Å². The van der Waals surface area contributed by atoms with E-state index in [1.54, 1.807) is 31.2 Å². The first-order chi connectivity index (χ1) is 10.1. The number of benzene rings is 1. The molecule has 1 amide bonds. The van der Waals surface area contributed by atoms with Crippen LogP contribution in [0.2, 0.25) is 0 Å². The van der Waals surface area contributed by atoms with Crippen molar-refractivity contribution in [3.8, 4) is 0 Å². The van der Waals surface area contributed by atoms with Crippen LogP contribution in [0.15, 0.2) is 29.4 Å². The molecule has 0 spiro atoms. The summed E-state index contributed by atoms with van der Waals surface area (Å²) in [6.45, 7) is 3.50. The summed E-state index contributed by atoms with van der Waals surface area (Å²) in [6.07, 6.45) is 0.563. The van der Waals surface area contributed by atoms with E-state index in [9.17, 15) is 9.59 Å². The Morgan fingerprint density at radius 3 is 2.57 bits per heavy atom. The number of esters is 1. The van der Waals surface area contributed by atoms with E-state index < -0.39 is 6.04 Å². The molecule has 0 radical (unpaired) electrons. The molecule has 1 atom stereocenters. The van der Waals surface area contributed by atoms with Gasteiger partial charge in [-0.15, -0.1) is 0 Å². The first kappa shape index (κ1) is 16.5. The number of ether oxygens (including phenoxy) is 1. The number of nitrogens with one attached hydrogen (secondary N) is 1. The Kier molecular flexibility index (Phi) is 6.77. The molecule has 0 saturated heterocycles. The van der Waals surface area contributed by atoms with Gasteiger partial charge in [0, 0.05) is 23.9 Å². The van der Waals surface area contributed by atoms with E-state index in [1.807, 2.05) is 0 Å². The highest BCUT2D eigenvalue weighted by atomic mass is 16.5. The van der Waals surface area contributed by atoms with E-state index in [0.717, 1.165) is 5.56 Å². The van der Waals surface area contributed by atoms with Gasteiger partial charge in [-0.2, -0.15) is 0 Å². The van der Waals surface area contributed by atoms with Crippen LogP contribution in [0.3, 0.4) is 0 Å². The average Bonchev–Trinajstić information content (AvgIpc) is 2.44. The van der Waals surface area contributed by atoms with Gasteiger partial charge in [0.2, 0.25) is 5.91 Å². The number of hydrogen-bond acceptors (Lipinski definition) is 4. The Hall–Kier alpha value is -2.53. The standard InChI is InChI=1S/C14H18N4O3/c1-3-21-14(20)9-8-13(17-18-15)11-4-6-12(7-5-11)16-10(2)19/h4-7,13H,3,8-9H2,1-2H3,(H,16,19). The van der Waals surface area contributed by atoms with Crippen LogP contribution >= 0.6 is 0 Å². The van der Waals surface area contributed by atoms with Gasteiger partial charge in [-0.25, -0.2) is 0 Å². The van der Waals surface area contributed by atoms with Gasteiger partial charge in [0.1, 0.15) is 0 Å². The average molecular weight is 290 g/mol. The van der Waals surface area contributed by atoms with E-state index in [4.69, 9.17) is 10.3 Å². The minimum Gasteiger partial charge on any atom is -0.466 e. The predicted molar refractivity (Wildman–Crippen MR) is 78.5 cm³/mol. The third-order valence-corrected chi connectivity index (χ3v) is 2.73. The molecule has 0 aliphatic heterocycles. The summed E-state index contributed by atoms with van der Waals surface area (Å²) < 4.78 is 4.85. The lowest BCUT2D eigenvalue weighted by molar-refractivity contribution is -0.143. The van der Waals surface area contributed by atoms with Gasteiger partial charge in [-0.3, -0.25) is 9.59 Å². The summed E-state index contributed by atoms with van der Waals surface area (Å²) in [7, 11) is 0. The molecule has 0 heterocycles. The fourth-order valence-corrected chi connectivity index (χ4v) is 1.83.